The van der Waals surface area contributed by atoms with Crippen LogP contribution in [0.15, 0.2) is 54.6 Å². The number of urea groups is 1. The second kappa shape index (κ2) is 16.8. The Bertz CT molecular complexity index is 1280. The zero-order valence-electron chi connectivity index (χ0n) is 24.6. The molecule has 0 aromatic heterocycles. The average Bonchev–Trinajstić information content (AvgIpc) is 3.58. The molecule has 10 nitrogen and oxygen atoms in total. The van der Waals surface area contributed by atoms with Crippen LogP contribution >= 0.6 is 11.8 Å². The third-order valence-electron chi connectivity index (χ3n) is 7.85. The van der Waals surface area contributed by atoms with E-state index in [1.807, 2.05) is 42.1 Å². The summed E-state index contributed by atoms with van der Waals surface area (Å²) < 4.78 is 13.3. The molecule has 2 aromatic carbocycles. The molecule has 2 saturated heterocycles. The normalized spacial score (nSPS) is 20.0. The number of thioether (sulfide) groups is 1. The van der Waals surface area contributed by atoms with E-state index >= 15 is 0 Å². The van der Waals surface area contributed by atoms with Gasteiger partial charge in [0, 0.05) is 36.0 Å². The second-order valence-corrected chi connectivity index (χ2v) is 12.5. The lowest BCUT2D eigenvalue weighted by molar-refractivity contribution is -0.125. The maximum atomic E-state index is 13.3. The number of aldehydes is 1. The van der Waals surface area contributed by atoms with Gasteiger partial charge < -0.3 is 31.4 Å². The van der Waals surface area contributed by atoms with Gasteiger partial charge in [0.05, 0.1) is 18.1 Å². The summed E-state index contributed by atoms with van der Waals surface area (Å²) in [4.78, 5) is 61.4. The molecule has 2 aliphatic heterocycles. The molecule has 2 heterocycles. The molecule has 2 fully saturated rings. The molecule has 0 saturated carbocycles. The van der Waals surface area contributed by atoms with Crippen molar-refractivity contribution in [1.29, 1.82) is 0 Å². The summed E-state index contributed by atoms with van der Waals surface area (Å²) in [6, 6.07) is 12.8. The minimum atomic E-state index is -0.945. The lowest BCUT2D eigenvalue weighted by atomic mass is 10.0. The maximum absolute atomic E-state index is 13.3. The zero-order valence-corrected chi connectivity index (χ0v) is 25.4. The van der Waals surface area contributed by atoms with Crippen LogP contribution in [0.5, 0.6) is 0 Å². The van der Waals surface area contributed by atoms with Crippen LogP contribution in [0.2, 0.25) is 0 Å². The number of hydrogen-bond acceptors (Lipinski definition) is 6. The van der Waals surface area contributed by atoms with E-state index in [0.717, 1.165) is 30.6 Å². The SMILES string of the molecule is O=C[C@H](CCCCNC(=O)CCCC[C@@H]1SC[C@@H]2NC(=O)N[C@@H]21)NC(=O)[C@H](Cc1ccccc1)NC(=O)c1ccc(F)cc1. The van der Waals surface area contributed by atoms with Crippen LogP contribution in [0, 0.1) is 5.82 Å². The third-order valence-corrected chi connectivity index (χ3v) is 9.36. The highest BCUT2D eigenvalue weighted by Crippen LogP contribution is 2.33. The molecular weight excluding hydrogens is 585 g/mol. The molecule has 0 spiro atoms. The first kappa shape index (κ1) is 33.0. The molecule has 0 unspecified atom stereocenters. The second-order valence-electron chi connectivity index (χ2n) is 11.2. The quantitative estimate of drug-likeness (QED) is 0.104. The molecule has 5 amide bonds. The van der Waals surface area contributed by atoms with E-state index in [-0.39, 0.29) is 36.0 Å². The van der Waals surface area contributed by atoms with Gasteiger partial charge in [0.1, 0.15) is 18.1 Å². The van der Waals surface area contributed by atoms with Gasteiger partial charge in [0.25, 0.3) is 5.91 Å². The first-order valence-electron chi connectivity index (χ1n) is 15.1. The van der Waals surface area contributed by atoms with Crippen LogP contribution in [0.25, 0.3) is 0 Å². The van der Waals surface area contributed by atoms with E-state index in [1.165, 1.54) is 24.3 Å². The van der Waals surface area contributed by atoms with Crippen LogP contribution < -0.4 is 26.6 Å². The minimum absolute atomic E-state index is 0.0151. The molecule has 2 aromatic rings. The molecule has 0 radical (unpaired) electrons. The molecule has 44 heavy (non-hydrogen) atoms. The third kappa shape index (κ3) is 10.1. The summed E-state index contributed by atoms with van der Waals surface area (Å²) in [5.74, 6) is -0.580. The number of hydrogen-bond donors (Lipinski definition) is 5. The number of rotatable bonds is 17. The molecule has 5 atom stereocenters. The van der Waals surface area contributed by atoms with Crippen molar-refractivity contribution in [1.82, 2.24) is 26.6 Å². The topological polar surface area (TPSA) is 146 Å². The maximum Gasteiger partial charge on any atom is 0.315 e. The molecule has 4 rings (SSSR count). The Kier molecular flexibility index (Phi) is 12.6. The van der Waals surface area contributed by atoms with Crippen molar-refractivity contribution in [3.8, 4) is 0 Å². The van der Waals surface area contributed by atoms with E-state index in [9.17, 15) is 28.4 Å². The van der Waals surface area contributed by atoms with Gasteiger partial charge in [-0.1, -0.05) is 36.8 Å². The Morgan fingerprint density at radius 2 is 1.75 bits per heavy atom. The minimum Gasteiger partial charge on any atom is -0.356 e. The van der Waals surface area contributed by atoms with Crippen molar-refractivity contribution in [2.24, 2.45) is 0 Å². The smallest absolute Gasteiger partial charge is 0.315 e. The van der Waals surface area contributed by atoms with Crippen LogP contribution in [-0.2, 0) is 20.8 Å². The van der Waals surface area contributed by atoms with E-state index in [1.54, 1.807) is 0 Å². The number of benzene rings is 2. The average molecular weight is 626 g/mol. The Hall–Kier alpha value is -3.93. The Labute approximate surface area is 261 Å². The highest BCUT2D eigenvalue weighted by atomic mass is 32.2. The molecule has 236 valence electrons. The number of halogens is 1. The van der Waals surface area contributed by atoms with Crippen molar-refractivity contribution >= 4 is 41.8 Å². The predicted molar refractivity (Wildman–Crippen MR) is 167 cm³/mol. The molecule has 5 N–H and O–H groups in total. The first-order valence-corrected chi connectivity index (χ1v) is 16.2. The van der Waals surface area contributed by atoms with Gasteiger partial charge in [-0.15, -0.1) is 0 Å². The van der Waals surface area contributed by atoms with Gasteiger partial charge in [-0.2, -0.15) is 11.8 Å². The Balaban J connectivity index is 1.14. The summed E-state index contributed by atoms with van der Waals surface area (Å²) in [7, 11) is 0. The summed E-state index contributed by atoms with van der Waals surface area (Å²) in [6.45, 7) is 0.475. The summed E-state index contributed by atoms with van der Waals surface area (Å²) in [5.41, 5.74) is 1.05. The fourth-order valence-corrected chi connectivity index (χ4v) is 6.98. The highest BCUT2D eigenvalue weighted by Gasteiger charge is 2.42. The van der Waals surface area contributed by atoms with Gasteiger partial charge in [0.15, 0.2) is 0 Å². The number of amides is 5. The largest absolute Gasteiger partial charge is 0.356 e. The fraction of sp³-hybridized carbons (Fsp3) is 0.469. The van der Waals surface area contributed by atoms with Gasteiger partial charge in [-0.3, -0.25) is 14.4 Å². The van der Waals surface area contributed by atoms with E-state index in [0.29, 0.717) is 43.8 Å². The van der Waals surface area contributed by atoms with Crippen molar-refractivity contribution < 1.29 is 28.4 Å². The number of fused-ring (bicyclic) bond motifs is 1. The standard InChI is InChI=1S/C32H40FN5O5S/c33-23-15-13-22(14-16-23)30(41)36-25(18-21-8-2-1-3-9-21)31(42)35-24(19-39)10-6-7-17-34-28(40)12-5-4-11-27-29-26(20-44-27)37-32(43)38-29/h1-3,8-9,13-16,19,24-27,29H,4-7,10-12,17-18,20H2,(H,34,40)(H,35,42)(H,36,41)(H2,37,38,43)/t24-,25-,26-,27-,29-/m0/s1. The van der Waals surface area contributed by atoms with E-state index in [4.69, 9.17) is 0 Å². The van der Waals surface area contributed by atoms with Crippen molar-refractivity contribution in [3.63, 3.8) is 0 Å². The van der Waals surface area contributed by atoms with Crippen LogP contribution in [0.3, 0.4) is 0 Å². The number of nitrogens with one attached hydrogen (secondary N) is 5. The monoisotopic (exact) mass is 625 g/mol. The van der Waals surface area contributed by atoms with Crippen LogP contribution in [0.1, 0.15) is 60.9 Å². The van der Waals surface area contributed by atoms with Gasteiger partial charge in [0.2, 0.25) is 11.8 Å². The summed E-state index contributed by atoms with van der Waals surface area (Å²) in [5, 5.41) is 14.7. The molecular formula is C32H40FN5O5S. The molecule has 2 aliphatic rings. The molecule has 0 aliphatic carbocycles. The number of carbonyl (C=O) groups is 5. The lowest BCUT2D eigenvalue weighted by Crippen LogP contribution is -2.51. The highest BCUT2D eigenvalue weighted by molar-refractivity contribution is 8.00. The summed E-state index contributed by atoms with van der Waals surface area (Å²) >= 11 is 1.87. The van der Waals surface area contributed by atoms with Crippen molar-refractivity contribution in [2.75, 3.05) is 12.3 Å². The van der Waals surface area contributed by atoms with Crippen molar-refractivity contribution in [2.45, 2.75) is 80.8 Å². The fourth-order valence-electron chi connectivity index (χ4n) is 5.44. The van der Waals surface area contributed by atoms with Gasteiger partial charge in [-0.25, -0.2) is 9.18 Å². The predicted octanol–water partition coefficient (Wildman–Crippen LogP) is 2.86. The van der Waals surface area contributed by atoms with E-state index in [2.05, 4.69) is 26.6 Å². The number of unbranched alkanes of at least 4 members (excludes halogenated alkanes) is 2. The van der Waals surface area contributed by atoms with Crippen LogP contribution in [-0.4, -0.2) is 71.8 Å². The van der Waals surface area contributed by atoms with Crippen LogP contribution in [0.4, 0.5) is 9.18 Å². The number of carbonyl (C=O) groups excluding carboxylic acids is 5. The Morgan fingerprint density at radius 1 is 0.977 bits per heavy atom. The summed E-state index contributed by atoms with van der Waals surface area (Å²) in [6.07, 6.45) is 5.63. The Morgan fingerprint density at radius 3 is 2.50 bits per heavy atom. The molecule has 0 bridgehead atoms. The van der Waals surface area contributed by atoms with Gasteiger partial charge >= 0.3 is 6.03 Å². The zero-order chi connectivity index (χ0) is 31.3. The first-order chi connectivity index (χ1) is 21.3. The molecule has 12 heteroatoms. The lowest BCUT2D eigenvalue weighted by Gasteiger charge is -2.21. The van der Waals surface area contributed by atoms with Crippen molar-refractivity contribution in [3.05, 3.63) is 71.5 Å². The van der Waals surface area contributed by atoms with E-state index < -0.39 is 29.7 Å². The van der Waals surface area contributed by atoms with Gasteiger partial charge in [-0.05, 0) is 61.9 Å².